The molecule has 0 bridgehead atoms. The summed E-state index contributed by atoms with van der Waals surface area (Å²) in [4.78, 5) is 10.4. The highest BCUT2D eigenvalue weighted by molar-refractivity contribution is 5.64. The van der Waals surface area contributed by atoms with Gasteiger partial charge in [-0.25, -0.2) is 4.79 Å². The SMILES string of the molecule is NC(=O)O[C@@H]1C[C@@H](CO)OC[C@H]1O. The van der Waals surface area contributed by atoms with Crippen LogP contribution in [0.1, 0.15) is 6.42 Å². The monoisotopic (exact) mass is 191 g/mol. The molecule has 1 heterocycles. The Morgan fingerprint density at radius 1 is 1.69 bits per heavy atom. The highest BCUT2D eigenvalue weighted by Crippen LogP contribution is 2.16. The van der Waals surface area contributed by atoms with E-state index in [9.17, 15) is 9.90 Å². The molecule has 1 aliphatic heterocycles. The minimum absolute atomic E-state index is 0.0448. The van der Waals surface area contributed by atoms with Crippen molar-refractivity contribution in [3.05, 3.63) is 0 Å². The predicted octanol–water partition coefficient (Wildman–Crippen LogP) is -1.41. The van der Waals surface area contributed by atoms with E-state index in [-0.39, 0.29) is 19.6 Å². The van der Waals surface area contributed by atoms with Crippen molar-refractivity contribution < 1.29 is 24.5 Å². The van der Waals surface area contributed by atoms with Crippen molar-refractivity contribution in [3.63, 3.8) is 0 Å². The summed E-state index contributed by atoms with van der Waals surface area (Å²) in [6, 6.07) is 0. The third-order valence-electron chi connectivity index (χ3n) is 1.90. The summed E-state index contributed by atoms with van der Waals surface area (Å²) in [7, 11) is 0. The van der Waals surface area contributed by atoms with Gasteiger partial charge < -0.3 is 25.4 Å². The lowest BCUT2D eigenvalue weighted by atomic mass is 10.0. The molecule has 6 heteroatoms. The predicted molar refractivity (Wildman–Crippen MR) is 41.9 cm³/mol. The quantitative estimate of drug-likeness (QED) is 0.497. The Hall–Kier alpha value is -0.850. The zero-order valence-corrected chi connectivity index (χ0v) is 7.05. The van der Waals surface area contributed by atoms with Gasteiger partial charge in [0.2, 0.25) is 0 Å². The number of ether oxygens (including phenoxy) is 2. The number of nitrogens with two attached hydrogens (primary N) is 1. The van der Waals surface area contributed by atoms with E-state index >= 15 is 0 Å². The summed E-state index contributed by atoms with van der Waals surface area (Å²) in [6.45, 7) is -0.117. The summed E-state index contributed by atoms with van der Waals surface area (Å²) >= 11 is 0. The summed E-state index contributed by atoms with van der Waals surface area (Å²) in [6.07, 6.45) is -2.60. The molecule has 0 saturated carbocycles. The third kappa shape index (κ3) is 2.83. The summed E-state index contributed by atoms with van der Waals surface area (Å²) in [5, 5.41) is 18.0. The molecule has 0 aliphatic carbocycles. The molecule has 0 spiro atoms. The van der Waals surface area contributed by atoms with E-state index in [1.807, 2.05) is 0 Å². The number of primary amides is 1. The minimum Gasteiger partial charge on any atom is -0.443 e. The number of aliphatic hydroxyl groups is 2. The lowest BCUT2D eigenvalue weighted by Gasteiger charge is -2.31. The first kappa shape index (κ1) is 10.2. The first-order valence-electron chi connectivity index (χ1n) is 4.00. The van der Waals surface area contributed by atoms with E-state index in [0.29, 0.717) is 0 Å². The van der Waals surface area contributed by atoms with E-state index in [2.05, 4.69) is 4.74 Å². The van der Waals surface area contributed by atoms with E-state index in [1.165, 1.54) is 0 Å². The van der Waals surface area contributed by atoms with Crippen LogP contribution in [0.5, 0.6) is 0 Å². The molecule has 1 fully saturated rings. The summed E-state index contributed by atoms with van der Waals surface area (Å²) in [5.41, 5.74) is 4.80. The molecule has 4 N–H and O–H groups in total. The minimum atomic E-state index is -0.928. The van der Waals surface area contributed by atoms with Gasteiger partial charge in [0.05, 0.1) is 19.3 Å². The average molecular weight is 191 g/mol. The standard InChI is InChI=1S/C7H13NO5/c8-7(11)13-6-1-4(2-9)12-3-5(6)10/h4-6,9-10H,1-3H2,(H2,8,11)/t4-,5+,6+/m0/s1. The van der Waals surface area contributed by atoms with Crippen molar-refractivity contribution in [2.24, 2.45) is 5.73 Å². The first-order valence-corrected chi connectivity index (χ1v) is 4.00. The van der Waals surface area contributed by atoms with Crippen LogP contribution >= 0.6 is 0 Å². The van der Waals surface area contributed by atoms with Gasteiger partial charge in [-0.1, -0.05) is 0 Å². The second kappa shape index (κ2) is 4.40. The fourth-order valence-corrected chi connectivity index (χ4v) is 1.23. The number of amides is 1. The zero-order chi connectivity index (χ0) is 9.84. The van der Waals surface area contributed by atoms with Crippen LogP contribution in [0.25, 0.3) is 0 Å². The topological polar surface area (TPSA) is 102 Å². The Bertz CT molecular complexity index is 186. The maximum atomic E-state index is 10.4. The number of aliphatic hydroxyl groups excluding tert-OH is 2. The normalized spacial score (nSPS) is 34.2. The second-order valence-electron chi connectivity index (χ2n) is 2.92. The van der Waals surface area contributed by atoms with Gasteiger partial charge in [0.25, 0.3) is 0 Å². The molecular weight excluding hydrogens is 178 g/mol. The Labute approximate surface area is 75.2 Å². The van der Waals surface area contributed by atoms with Crippen LogP contribution in [0.15, 0.2) is 0 Å². The molecule has 0 aromatic carbocycles. The van der Waals surface area contributed by atoms with Crippen molar-refractivity contribution in [1.29, 1.82) is 0 Å². The van der Waals surface area contributed by atoms with Crippen LogP contribution in [-0.4, -0.2) is 47.8 Å². The van der Waals surface area contributed by atoms with Crippen molar-refractivity contribution in [2.75, 3.05) is 13.2 Å². The average Bonchev–Trinajstić information content (AvgIpc) is 2.08. The molecule has 0 aromatic rings. The Kier molecular flexibility index (Phi) is 3.47. The van der Waals surface area contributed by atoms with Gasteiger partial charge in [-0.3, -0.25) is 0 Å². The van der Waals surface area contributed by atoms with Crippen molar-refractivity contribution in [3.8, 4) is 0 Å². The van der Waals surface area contributed by atoms with Gasteiger partial charge >= 0.3 is 6.09 Å². The maximum absolute atomic E-state index is 10.4. The van der Waals surface area contributed by atoms with Crippen molar-refractivity contribution >= 4 is 6.09 Å². The number of rotatable bonds is 2. The summed E-state index contributed by atoms with van der Waals surface area (Å²) in [5.74, 6) is 0. The lowest BCUT2D eigenvalue weighted by Crippen LogP contribution is -2.45. The van der Waals surface area contributed by atoms with Crippen LogP contribution in [0.2, 0.25) is 0 Å². The van der Waals surface area contributed by atoms with Gasteiger partial charge in [0.1, 0.15) is 12.2 Å². The van der Waals surface area contributed by atoms with Gasteiger partial charge in [-0.2, -0.15) is 0 Å². The summed E-state index contributed by atoms with van der Waals surface area (Å²) < 4.78 is 9.65. The number of carbonyl (C=O) groups excluding carboxylic acids is 1. The van der Waals surface area contributed by atoms with E-state index in [1.54, 1.807) is 0 Å². The molecule has 6 nitrogen and oxygen atoms in total. The smallest absolute Gasteiger partial charge is 0.404 e. The molecule has 0 radical (unpaired) electrons. The molecule has 3 atom stereocenters. The first-order chi connectivity index (χ1) is 6.13. The highest BCUT2D eigenvalue weighted by Gasteiger charge is 2.31. The van der Waals surface area contributed by atoms with E-state index in [0.717, 1.165) is 0 Å². The largest absolute Gasteiger partial charge is 0.443 e. The molecule has 0 aromatic heterocycles. The number of hydrogen-bond donors (Lipinski definition) is 3. The zero-order valence-electron chi connectivity index (χ0n) is 7.05. The van der Waals surface area contributed by atoms with E-state index in [4.69, 9.17) is 15.6 Å². The molecule has 0 unspecified atom stereocenters. The van der Waals surface area contributed by atoms with Gasteiger partial charge in [-0.05, 0) is 0 Å². The van der Waals surface area contributed by atoms with Crippen LogP contribution < -0.4 is 5.73 Å². The third-order valence-corrected chi connectivity index (χ3v) is 1.90. The van der Waals surface area contributed by atoms with E-state index < -0.39 is 24.4 Å². The molecule has 1 aliphatic rings. The Balaban J connectivity index is 2.44. The highest BCUT2D eigenvalue weighted by atomic mass is 16.6. The molecule has 1 rings (SSSR count). The molecule has 13 heavy (non-hydrogen) atoms. The van der Waals surface area contributed by atoms with Crippen LogP contribution in [-0.2, 0) is 9.47 Å². The number of hydrogen-bond acceptors (Lipinski definition) is 5. The van der Waals surface area contributed by atoms with Crippen molar-refractivity contribution in [2.45, 2.75) is 24.7 Å². The molecule has 76 valence electrons. The van der Waals surface area contributed by atoms with Crippen LogP contribution in [0.3, 0.4) is 0 Å². The lowest BCUT2D eigenvalue weighted by molar-refractivity contribution is -0.131. The van der Waals surface area contributed by atoms with Crippen molar-refractivity contribution in [1.82, 2.24) is 0 Å². The Morgan fingerprint density at radius 2 is 2.38 bits per heavy atom. The van der Waals surface area contributed by atoms with Crippen LogP contribution in [0, 0.1) is 0 Å². The Morgan fingerprint density at radius 3 is 2.92 bits per heavy atom. The van der Waals surface area contributed by atoms with Gasteiger partial charge in [0.15, 0.2) is 0 Å². The molecular formula is C7H13NO5. The van der Waals surface area contributed by atoms with Gasteiger partial charge in [-0.15, -0.1) is 0 Å². The molecule has 1 amide bonds. The fourth-order valence-electron chi connectivity index (χ4n) is 1.23. The number of carbonyl (C=O) groups is 1. The molecule has 1 saturated heterocycles. The second-order valence-corrected chi connectivity index (χ2v) is 2.92. The fraction of sp³-hybridized carbons (Fsp3) is 0.857. The maximum Gasteiger partial charge on any atom is 0.404 e. The van der Waals surface area contributed by atoms with Crippen LogP contribution in [0.4, 0.5) is 4.79 Å². The van der Waals surface area contributed by atoms with Gasteiger partial charge in [0, 0.05) is 6.42 Å².